The molecular formula is C12H16BrClN2. The van der Waals surface area contributed by atoms with E-state index in [1.807, 2.05) is 18.2 Å². The van der Waals surface area contributed by atoms with Crippen molar-refractivity contribution in [1.82, 2.24) is 0 Å². The van der Waals surface area contributed by atoms with Crippen LogP contribution in [0.3, 0.4) is 0 Å². The smallest absolute Gasteiger partial charge is 0.0525 e. The average molecular weight is 304 g/mol. The van der Waals surface area contributed by atoms with Crippen LogP contribution in [0, 0.1) is 5.92 Å². The number of hydrogen-bond donors (Lipinski definition) is 1. The first-order valence-electron chi connectivity index (χ1n) is 5.53. The number of nitrogens with two attached hydrogens (primary N) is 1. The molecule has 4 heteroatoms. The highest BCUT2D eigenvalue weighted by Gasteiger charge is 2.24. The van der Waals surface area contributed by atoms with Crippen LogP contribution >= 0.6 is 27.5 Å². The van der Waals surface area contributed by atoms with Crippen LogP contribution in [-0.4, -0.2) is 19.1 Å². The van der Waals surface area contributed by atoms with Gasteiger partial charge in [-0.1, -0.05) is 18.5 Å². The zero-order chi connectivity index (χ0) is 11.7. The Balaban J connectivity index is 2.21. The van der Waals surface area contributed by atoms with Crippen molar-refractivity contribution >= 4 is 33.2 Å². The molecular weight excluding hydrogens is 288 g/mol. The minimum absolute atomic E-state index is 0.328. The Kier molecular flexibility index (Phi) is 3.77. The van der Waals surface area contributed by atoms with Gasteiger partial charge in [-0.15, -0.1) is 0 Å². The molecule has 0 aliphatic carbocycles. The Morgan fingerprint density at radius 3 is 2.94 bits per heavy atom. The number of rotatable bonds is 1. The van der Waals surface area contributed by atoms with E-state index in [0.29, 0.717) is 12.0 Å². The number of halogens is 2. The molecule has 88 valence electrons. The third-order valence-corrected chi connectivity index (χ3v) is 4.13. The van der Waals surface area contributed by atoms with E-state index < -0.39 is 0 Å². The summed E-state index contributed by atoms with van der Waals surface area (Å²) >= 11 is 9.60. The monoisotopic (exact) mass is 302 g/mol. The highest BCUT2D eigenvalue weighted by atomic mass is 79.9. The Labute approximate surface area is 110 Å². The lowest BCUT2D eigenvalue weighted by molar-refractivity contribution is 0.382. The minimum Gasteiger partial charge on any atom is -0.370 e. The summed E-state index contributed by atoms with van der Waals surface area (Å²) in [5.74, 6) is 0.527. The molecule has 16 heavy (non-hydrogen) atoms. The number of piperidine rings is 1. The van der Waals surface area contributed by atoms with E-state index >= 15 is 0 Å². The second-order valence-electron chi connectivity index (χ2n) is 4.47. The summed E-state index contributed by atoms with van der Waals surface area (Å²) in [5, 5.41) is 0.778. The number of hydrogen-bond acceptors (Lipinski definition) is 2. The molecule has 2 N–H and O–H groups in total. The van der Waals surface area contributed by atoms with Crippen LogP contribution in [0.1, 0.15) is 13.3 Å². The highest BCUT2D eigenvalue weighted by Crippen LogP contribution is 2.32. The van der Waals surface area contributed by atoms with Gasteiger partial charge in [0.05, 0.1) is 5.69 Å². The molecule has 1 aliphatic rings. The Morgan fingerprint density at radius 2 is 2.25 bits per heavy atom. The Morgan fingerprint density at radius 1 is 1.50 bits per heavy atom. The average Bonchev–Trinajstić information content (AvgIpc) is 2.26. The molecule has 1 fully saturated rings. The molecule has 2 nitrogen and oxygen atoms in total. The quantitative estimate of drug-likeness (QED) is 0.863. The van der Waals surface area contributed by atoms with Crippen LogP contribution < -0.4 is 10.6 Å². The van der Waals surface area contributed by atoms with Crippen molar-refractivity contribution in [1.29, 1.82) is 0 Å². The zero-order valence-electron chi connectivity index (χ0n) is 9.29. The van der Waals surface area contributed by atoms with Gasteiger partial charge in [0, 0.05) is 28.6 Å². The largest absolute Gasteiger partial charge is 0.370 e. The maximum Gasteiger partial charge on any atom is 0.0525 e. The first-order valence-corrected chi connectivity index (χ1v) is 6.70. The van der Waals surface area contributed by atoms with Crippen LogP contribution in [-0.2, 0) is 0 Å². The summed E-state index contributed by atoms with van der Waals surface area (Å²) < 4.78 is 1.10. The molecule has 0 aromatic heterocycles. The van der Waals surface area contributed by atoms with Gasteiger partial charge in [0.25, 0.3) is 0 Å². The Bertz CT molecular complexity index is 383. The van der Waals surface area contributed by atoms with Crippen LogP contribution in [0.5, 0.6) is 0 Å². The molecule has 1 heterocycles. The molecule has 2 rings (SSSR count). The van der Waals surface area contributed by atoms with Gasteiger partial charge in [-0.2, -0.15) is 0 Å². The van der Waals surface area contributed by atoms with Crippen LogP contribution in [0.25, 0.3) is 0 Å². The molecule has 2 unspecified atom stereocenters. The van der Waals surface area contributed by atoms with Crippen LogP contribution in [0.2, 0.25) is 5.02 Å². The van der Waals surface area contributed by atoms with E-state index in [0.717, 1.165) is 29.0 Å². The zero-order valence-corrected chi connectivity index (χ0v) is 11.6. The van der Waals surface area contributed by atoms with Gasteiger partial charge in [0.1, 0.15) is 0 Å². The summed E-state index contributed by atoms with van der Waals surface area (Å²) in [4.78, 5) is 2.35. The number of anilines is 1. The minimum atomic E-state index is 0.328. The first kappa shape index (κ1) is 12.2. The predicted octanol–water partition coefficient (Wildman–Crippen LogP) is 3.28. The maximum absolute atomic E-state index is 6.03. The molecule has 0 spiro atoms. The summed E-state index contributed by atoms with van der Waals surface area (Å²) in [7, 11) is 0. The fourth-order valence-electron chi connectivity index (χ4n) is 2.11. The summed E-state index contributed by atoms with van der Waals surface area (Å²) in [6, 6.07) is 6.23. The van der Waals surface area contributed by atoms with Crippen molar-refractivity contribution < 1.29 is 0 Å². The summed E-state index contributed by atoms with van der Waals surface area (Å²) in [6.45, 7) is 4.21. The van der Waals surface area contributed by atoms with E-state index in [4.69, 9.17) is 17.3 Å². The number of benzene rings is 1. The lowest BCUT2D eigenvalue weighted by atomic mass is 9.94. The molecule has 1 aromatic rings. The van der Waals surface area contributed by atoms with Gasteiger partial charge < -0.3 is 10.6 Å². The van der Waals surface area contributed by atoms with Crippen molar-refractivity contribution in [3.63, 3.8) is 0 Å². The lowest BCUT2D eigenvalue weighted by Crippen LogP contribution is -2.46. The second kappa shape index (κ2) is 4.94. The van der Waals surface area contributed by atoms with Gasteiger partial charge in [-0.3, -0.25) is 0 Å². The van der Waals surface area contributed by atoms with Crippen molar-refractivity contribution in [2.24, 2.45) is 11.7 Å². The Hall–Kier alpha value is -0.250. The fourth-order valence-corrected chi connectivity index (χ4v) is 2.77. The molecule has 1 saturated heterocycles. The van der Waals surface area contributed by atoms with Gasteiger partial charge in [0.2, 0.25) is 0 Å². The SMILES string of the molecule is CC1CN(c2cc(Cl)ccc2Br)CCC1N. The molecule has 1 aromatic carbocycles. The second-order valence-corrected chi connectivity index (χ2v) is 5.76. The van der Waals surface area contributed by atoms with Gasteiger partial charge >= 0.3 is 0 Å². The van der Waals surface area contributed by atoms with Gasteiger partial charge in [0.15, 0.2) is 0 Å². The van der Waals surface area contributed by atoms with E-state index in [1.165, 1.54) is 5.69 Å². The molecule has 0 saturated carbocycles. The lowest BCUT2D eigenvalue weighted by Gasteiger charge is -2.37. The van der Waals surface area contributed by atoms with Gasteiger partial charge in [-0.05, 0) is 46.5 Å². The van der Waals surface area contributed by atoms with Crippen molar-refractivity contribution in [2.45, 2.75) is 19.4 Å². The van der Waals surface area contributed by atoms with Gasteiger partial charge in [-0.25, -0.2) is 0 Å². The normalized spacial score (nSPS) is 25.9. The molecule has 2 atom stereocenters. The van der Waals surface area contributed by atoms with Crippen LogP contribution in [0.15, 0.2) is 22.7 Å². The summed E-state index contributed by atoms with van der Waals surface area (Å²) in [5.41, 5.74) is 7.19. The molecule has 0 radical (unpaired) electrons. The van der Waals surface area contributed by atoms with Crippen molar-refractivity contribution in [2.75, 3.05) is 18.0 Å². The van der Waals surface area contributed by atoms with Crippen LogP contribution in [0.4, 0.5) is 5.69 Å². The molecule has 0 bridgehead atoms. The fraction of sp³-hybridized carbons (Fsp3) is 0.500. The first-order chi connectivity index (χ1) is 7.58. The maximum atomic E-state index is 6.03. The van der Waals surface area contributed by atoms with E-state index in [2.05, 4.69) is 27.8 Å². The summed E-state index contributed by atoms with van der Waals surface area (Å²) in [6.07, 6.45) is 1.04. The number of nitrogens with zero attached hydrogens (tertiary/aromatic N) is 1. The third kappa shape index (κ3) is 2.53. The van der Waals surface area contributed by atoms with Crippen molar-refractivity contribution in [3.05, 3.63) is 27.7 Å². The van der Waals surface area contributed by atoms with E-state index in [9.17, 15) is 0 Å². The predicted molar refractivity (Wildman–Crippen MR) is 73.1 cm³/mol. The molecule has 1 aliphatic heterocycles. The standard InChI is InChI=1S/C12H16BrClN2/c1-8-7-16(5-4-11(8)15)12-6-9(14)2-3-10(12)13/h2-3,6,8,11H,4-5,7,15H2,1H3. The van der Waals surface area contributed by atoms with Crippen molar-refractivity contribution in [3.8, 4) is 0 Å². The molecule has 0 amide bonds. The topological polar surface area (TPSA) is 29.3 Å². The van der Waals surface area contributed by atoms with E-state index in [-0.39, 0.29) is 0 Å². The third-order valence-electron chi connectivity index (χ3n) is 3.22. The highest BCUT2D eigenvalue weighted by molar-refractivity contribution is 9.10. The van der Waals surface area contributed by atoms with E-state index in [1.54, 1.807) is 0 Å².